The molecule has 1 aromatic carbocycles. The summed E-state index contributed by atoms with van der Waals surface area (Å²) in [6, 6.07) is 9.55. The number of halogens is 1. The van der Waals surface area contributed by atoms with Gasteiger partial charge in [0, 0.05) is 12.5 Å². The molecule has 2 unspecified atom stereocenters. The van der Waals surface area contributed by atoms with Gasteiger partial charge in [-0.3, -0.25) is 0 Å². The molecule has 2 atom stereocenters. The number of nitrogens with two attached hydrogens (primary N) is 2. The van der Waals surface area contributed by atoms with Crippen molar-refractivity contribution in [1.82, 2.24) is 0 Å². The molecule has 5 heteroatoms. The SMILES string of the molecule is CC(C)(CC1(Cl)C=CC(c2ccccc2)=CC1N)OC(N)=O. The van der Waals surface area contributed by atoms with Crippen LogP contribution in [0.2, 0.25) is 0 Å². The van der Waals surface area contributed by atoms with Gasteiger partial charge in [0.25, 0.3) is 0 Å². The number of allylic oxidation sites excluding steroid dienone is 2. The van der Waals surface area contributed by atoms with Gasteiger partial charge in [0.1, 0.15) is 5.60 Å². The van der Waals surface area contributed by atoms with Gasteiger partial charge < -0.3 is 16.2 Å². The molecule has 0 heterocycles. The second-order valence-corrected chi connectivity index (χ2v) is 6.84. The van der Waals surface area contributed by atoms with Crippen LogP contribution in [-0.2, 0) is 4.74 Å². The molecule has 2 rings (SSSR count). The van der Waals surface area contributed by atoms with E-state index in [1.807, 2.05) is 48.6 Å². The Kier molecular flexibility index (Phi) is 4.63. The maximum absolute atomic E-state index is 11.0. The van der Waals surface area contributed by atoms with Crippen molar-refractivity contribution in [2.75, 3.05) is 0 Å². The monoisotopic (exact) mass is 320 g/mol. The number of hydrogen-bond acceptors (Lipinski definition) is 3. The standard InChI is InChI=1S/C17H21ClN2O2/c1-16(2,22-15(20)21)11-17(18)9-8-13(10-14(17)19)12-6-4-3-5-7-12/h3-10,14H,11,19H2,1-2H3,(H2,20,21). The third-order valence-electron chi connectivity index (χ3n) is 3.63. The van der Waals surface area contributed by atoms with Gasteiger partial charge in [-0.15, -0.1) is 11.6 Å². The summed E-state index contributed by atoms with van der Waals surface area (Å²) in [5, 5.41) is 0. The lowest BCUT2D eigenvalue weighted by molar-refractivity contribution is 0.0328. The van der Waals surface area contributed by atoms with E-state index in [9.17, 15) is 4.79 Å². The topological polar surface area (TPSA) is 78.3 Å². The van der Waals surface area contributed by atoms with Crippen molar-refractivity contribution in [3.05, 3.63) is 54.1 Å². The van der Waals surface area contributed by atoms with Crippen LogP contribution < -0.4 is 11.5 Å². The third-order valence-corrected chi connectivity index (χ3v) is 4.15. The summed E-state index contributed by atoms with van der Waals surface area (Å²) in [6.07, 6.45) is 5.29. The Morgan fingerprint density at radius 3 is 2.55 bits per heavy atom. The van der Waals surface area contributed by atoms with Crippen LogP contribution in [0.15, 0.2) is 48.6 Å². The number of alkyl halides is 1. The van der Waals surface area contributed by atoms with Crippen molar-refractivity contribution in [3.8, 4) is 0 Å². The van der Waals surface area contributed by atoms with E-state index in [0.717, 1.165) is 11.1 Å². The molecular weight excluding hydrogens is 300 g/mol. The average Bonchev–Trinajstić information content (AvgIpc) is 2.41. The van der Waals surface area contributed by atoms with Crippen molar-refractivity contribution in [1.29, 1.82) is 0 Å². The number of amides is 1. The van der Waals surface area contributed by atoms with Crippen LogP contribution in [-0.4, -0.2) is 22.6 Å². The maximum Gasteiger partial charge on any atom is 0.405 e. The van der Waals surface area contributed by atoms with Crippen LogP contribution in [0.3, 0.4) is 0 Å². The van der Waals surface area contributed by atoms with Gasteiger partial charge in [-0.25, -0.2) is 4.79 Å². The Balaban J connectivity index is 2.17. The lowest BCUT2D eigenvalue weighted by Crippen LogP contribution is -2.48. The van der Waals surface area contributed by atoms with Crippen LogP contribution in [0.4, 0.5) is 4.79 Å². The molecule has 0 radical (unpaired) electrons. The molecule has 118 valence electrons. The van der Waals surface area contributed by atoms with Crippen molar-refractivity contribution >= 4 is 23.3 Å². The first kappa shape index (κ1) is 16.6. The number of carbonyl (C=O) groups is 1. The number of hydrogen-bond donors (Lipinski definition) is 2. The molecule has 1 amide bonds. The van der Waals surface area contributed by atoms with Gasteiger partial charge in [-0.05, 0) is 25.0 Å². The normalized spacial score (nSPS) is 24.7. The summed E-state index contributed by atoms with van der Waals surface area (Å²) in [5.41, 5.74) is 12.7. The average molecular weight is 321 g/mol. The summed E-state index contributed by atoms with van der Waals surface area (Å²) >= 11 is 6.66. The summed E-state index contributed by atoms with van der Waals surface area (Å²) in [6.45, 7) is 3.53. The summed E-state index contributed by atoms with van der Waals surface area (Å²) in [5.74, 6) is 0. The predicted molar refractivity (Wildman–Crippen MR) is 89.5 cm³/mol. The van der Waals surface area contributed by atoms with Gasteiger partial charge in [0.2, 0.25) is 0 Å². The molecule has 4 N–H and O–H groups in total. The number of rotatable bonds is 4. The predicted octanol–water partition coefficient (Wildman–Crippen LogP) is 3.21. The molecule has 0 aliphatic heterocycles. The lowest BCUT2D eigenvalue weighted by atomic mass is 9.82. The summed E-state index contributed by atoms with van der Waals surface area (Å²) in [4.78, 5) is 10.2. The van der Waals surface area contributed by atoms with Gasteiger partial charge in [0.05, 0.1) is 4.87 Å². The van der Waals surface area contributed by atoms with Gasteiger partial charge in [-0.2, -0.15) is 0 Å². The zero-order chi connectivity index (χ0) is 16.4. The van der Waals surface area contributed by atoms with Crippen LogP contribution >= 0.6 is 11.6 Å². The van der Waals surface area contributed by atoms with E-state index in [4.69, 9.17) is 27.8 Å². The van der Waals surface area contributed by atoms with Crippen LogP contribution in [0.25, 0.3) is 5.57 Å². The molecule has 4 nitrogen and oxygen atoms in total. The smallest absolute Gasteiger partial charge is 0.405 e. The van der Waals surface area contributed by atoms with Crippen LogP contribution in [0.5, 0.6) is 0 Å². The molecule has 0 saturated carbocycles. The molecule has 1 aliphatic carbocycles. The fraction of sp³-hybridized carbons (Fsp3) is 0.353. The third kappa shape index (κ3) is 3.90. The van der Waals surface area contributed by atoms with E-state index in [0.29, 0.717) is 6.42 Å². The highest BCUT2D eigenvalue weighted by molar-refractivity contribution is 6.26. The highest BCUT2D eigenvalue weighted by Gasteiger charge is 2.40. The minimum atomic E-state index is -0.822. The maximum atomic E-state index is 11.0. The molecule has 1 aromatic rings. The Morgan fingerprint density at radius 1 is 1.36 bits per heavy atom. The minimum Gasteiger partial charge on any atom is -0.444 e. The number of primary amides is 1. The van der Waals surface area contributed by atoms with Crippen molar-refractivity contribution in [2.45, 2.75) is 36.8 Å². The molecule has 0 fully saturated rings. The Hall–Kier alpha value is -1.78. The van der Waals surface area contributed by atoms with E-state index in [1.54, 1.807) is 13.8 Å². The highest BCUT2D eigenvalue weighted by atomic mass is 35.5. The zero-order valence-electron chi connectivity index (χ0n) is 12.8. The first-order valence-corrected chi connectivity index (χ1v) is 7.49. The molecular formula is C17H21ClN2O2. The second-order valence-electron chi connectivity index (χ2n) is 6.13. The number of ether oxygens (including phenoxy) is 1. The summed E-state index contributed by atoms with van der Waals surface area (Å²) < 4.78 is 5.11. The molecule has 1 aliphatic rings. The Morgan fingerprint density at radius 2 is 2.00 bits per heavy atom. The first-order valence-electron chi connectivity index (χ1n) is 7.11. The quantitative estimate of drug-likeness (QED) is 0.836. The van der Waals surface area contributed by atoms with Crippen LogP contribution in [0.1, 0.15) is 25.8 Å². The van der Waals surface area contributed by atoms with Gasteiger partial charge in [0.15, 0.2) is 0 Å². The van der Waals surface area contributed by atoms with E-state index in [1.165, 1.54) is 0 Å². The van der Waals surface area contributed by atoms with Crippen molar-refractivity contribution < 1.29 is 9.53 Å². The van der Waals surface area contributed by atoms with Gasteiger partial charge in [-0.1, -0.05) is 48.6 Å². The molecule has 0 saturated heterocycles. The molecule has 0 spiro atoms. The fourth-order valence-electron chi connectivity index (χ4n) is 2.69. The number of benzene rings is 1. The Labute approximate surface area is 135 Å². The van der Waals surface area contributed by atoms with E-state index < -0.39 is 22.6 Å². The van der Waals surface area contributed by atoms with Crippen LogP contribution in [0, 0.1) is 0 Å². The second kappa shape index (κ2) is 6.15. The molecule has 0 aromatic heterocycles. The lowest BCUT2D eigenvalue weighted by Gasteiger charge is -2.37. The van der Waals surface area contributed by atoms with E-state index in [2.05, 4.69) is 0 Å². The largest absolute Gasteiger partial charge is 0.444 e. The van der Waals surface area contributed by atoms with Gasteiger partial charge >= 0.3 is 6.09 Å². The molecule has 0 bridgehead atoms. The minimum absolute atomic E-state index is 0.362. The highest BCUT2D eigenvalue weighted by Crippen LogP contribution is 2.37. The van der Waals surface area contributed by atoms with Crippen molar-refractivity contribution in [2.24, 2.45) is 11.5 Å². The fourth-order valence-corrected chi connectivity index (χ4v) is 3.14. The Bertz CT molecular complexity index is 610. The van der Waals surface area contributed by atoms with Crippen molar-refractivity contribution in [3.63, 3.8) is 0 Å². The zero-order valence-corrected chi connectivity index (χ0v) is 13.5. The first-order chi connectivity index (χ1) is 10.2. The van der Waals surface area contributed by atoms with E-state index >= 15 is 0 Å². The summed E-state index contributed by atoms with van der Waals surface area (Å²) in [7, 11) is 0. The van der Waals surface area contributed by atoms with E-state index in [-0.39, 0.29) is 0 Å². The number of carbonyl (C=O) groups excluding carboxylic acids is 1. The molecule has 22 heavy (non-hydrogen) atoms.